The van der Waals surface area contributed by atoms with Gasteiger partial charge in [0.05, 0.1) is 47.3 Å². The highest BCUT2D eigenvalue weighted by molar-refractivity contribution is 5.94. The molecule has 7 N–H and O–H groups in total. The summed E-state index contributed by atoms with van der Waals surface area (Å²) < 4.78 is 38.0. The number of esters is 4. The Morgan fingerprint density at radius 2 is 1.48 bits per heavy atom. The lowest BCUT2D eigenvalue weighted by Gasteiger charge is -2.67. The molecular weight excluding hydrogens is 1310 g/mol. The van der Waals surface area contributed by atoms with Gasteiger partial charge >= 0.3 is 35.7 Å². The third-order valence-electron chi connectivity index (χ3n) is 21.7. The normalized spacial score (nSPS) is 26.5. The number of rotatable bonds is 19. The van der Waals surface area contributed by atoms with Gasteiger partial charge in [0.2, 0.25) is 17.9 Å². The number of phenols is 1. The van der Waals surface area contributed by atoms with E-state index in [1.54, 1.807) is 75.4 Å². The maximum absolute atomic E-state index is 15.4. The fraction of sp³-hybridized carbons (Fsp3) is 0.526. The van der Waals surface area contributed by atoms with Gasteiger partial charge in [0.15, 0.2) is 17.2 Å². The molecule has 5 aromatic rings. The van der Waals surface area contributed by atoms with E-state index in [4.69, 9.17) is 28.4 Å². The molecule has 3 saturated heterocycles. The second-order valence-electron chi connectivity index (χ2n) is 30.0. The quantitative estimate of drug-likeness (QED) is 0.0249. The Balaban J connectivity index is 0.759. The highest BCUT2D eigenvalue weighted by atomic mass is 16.6. The van der Waals surface area contributed by atoms with E-state index in [1.807, 2.05) is 55.1 Å². The predicted octanol–water partition coefficient (Wildman–Crippen LogP) is 6.98. The van der Waals surface area contributed by atoms with Crippen molar-refractivity contribution in [3.63, 3.8) is 0 Å². The molecule has 2 bridgehead atoms. The zero-order chi connectivity index (χ0) is 73.5. The van der Waals surface area contributed by atoms with Crippen LogP contribution in [-0.2, 0) is 63.7 Å². The van der Waals surface area contributed by atoms with E-state index in [0.717, 1.165) is 18.1 Å². The molecule has 1 aromatic heterocycles. The number of aliphatic hydroxyl groups is 3. The maximum atomic E-state index is 15.4. The van der Waals surface area contributed by atoms with E-state index in [0.29, 0.717) is 75.5 Å². The number of Topliss-reactive ketones (excluding diaryl/α,β-unsaturated/α-hetero) is 1. The summed E-state index contributed by atoms with van der Waals surface area (Å²) in [7, 11) is 0. The van der Waals surface area contributed by atoms with E-state index in [2.05, 4.69) is 25.7 Å². The number of hydrogen-bond donors (Lipinski definition) is 7. The third kappa shape index (κ3) is 14.7. The molecule has 3 amide bonds. The summed E-state index contributed by atoms with van der Waals surface area (Å²) in [5.41, 5.74) is -6.48. The zero-order valence-corrected chi connectivity index (χ0v) is 59.3. The van der Waals surface area contributed by atoms with Crippen LogP contribution in [0.1, 0.15) is 160 Å². The summed E-state index contributed by atoms with van der Waals surface area (Å²) in [5, 5.41) is 61.9. The number of phenolic OH excluding ortho intramolecular Hbond substituents is 1. The molecule has 26 nitrogen and oxygen atoms in total. The molecule has 3 aliphatic carbocycles. The van der Waals surface area contributed by atoms with Gasteiger partial charge in [0.1, 0.15) is 47.4 Å². The lowest BCUT2D eigenvalue weighted by atomic mass is 9.44. The number of H-pyrrole nitrogens is 1. The number of carbonyl (C=O) groups excluding carboxylic acids is 8. The first-order valence-corrected chi connectivity index (χ1v) is 35.0. The number of hydrogen-bond acceptors (Lipinski definition) is 21. The number of nitrogens with zero attached hydrogens (tertiary/aromatic N) is 4. The molecule has 102 heavy (non-hydrogen) atoms. The number of amides is 3. The number of carbonyl (C=O) groups is 8. The third-order valence-corrected chi connectivity index (χ3v) is 21.7. The molecule has 3 aliphatic heterocycles. The SMILES string of the molecule is CC(=O)O[C@@]12CO[C@@H]1C[C@H](O)[C@@]1(C)C(=O)[C@H](O)C3=C(C)[C@@H](OC(=O)[C@H](OC(=O)CCC(=O)NC4CCN(C(=O)C5CCN(Cc6ccc(-n7c(-c8cc(C(C)C)ccc8O)n[nH]c7=O)cc6)CC5)CC4)[C@@H](NC(=O)OC(C)(C)C)c4ccccc4)C[C@@](O)([C@@H](OC(=O)c4ccccc4)[C@H]21)C3(C)C. The van der Waals surface area contributed by atoms with Gasteiger partial charge in [-0.2, -0.15) is 5.10 Å². The number of ketones is 1. The molecule has 6 aliphatic rings. The average Bonchev–Trinajstić information content (AvgIpc) is 0.714. The van der Waals surface area contributed by atoms with E-state index >= 15 is 9.59 Å². The lowest BCUT2D eigenvalue weighted by Crippen LogP contribution is -2.81. The van der Waals surface area contributed by atoms with Crippen molar-refractivity contribution in [1.82, 2.24) is 35.2 Å². The van der Waals surface area contributed by atoms with E-state index in [9.17, 15) is 54.0 Å². The minimum atomic E-state index is -2.50. The summed E-state index contributed by atoms with van der Waals surface area (Å²) in [4.78, 5) is 132. The predicted molar refractivity (Wildman–Crippen MR) is 368 cm³/mol. The Bertz CT molecular complexity index is 4080. The second kappa shape index (κ2) is 29.3. The van der Waals surface area contributed by atoms with Gasteiger partial charge in [-0.05, 0) is 144 Å². The van der Waals surface area contributed by atoms with Crippen molar-refractivity contribution in [2.45, 2.75) is 199 Å². The van der Waals surface area contributed by atoms with Gasteiger partial charge in [0.25, 0.3) is 0 Å². The summed E-state index contributed by atoms with van der Waals surface area (Å²) >= 11 is 0. The topological polar surface area (TPSA) is 354 Å². The number of aliphatic hydroxyl groups excluding tert-OH is 2. The Labute approximate surface area is 591 Å². The number of nitrogens with one attached hydrogen (secondary N) is 3. The molecule has 5 fully saturated rings. The van der Waals surface area contributed by atoms with Crippen LogP contribution in [0.25, 0.3) is 17.1 Å². The molecule has 4 heterocycles. The van der Waals surface area contributed by atoms with Crippen molar-refractivity contribution in [3.8, 4) is 22.8 Å². The zero-order valence-electron chi connectivity index (χ0n) is 59.3. The number of piperidine rings is 2. The van der Waals surface area contributed by atoms with Crippen molar-refractivity contribution < 1.29 is 87.2 Å². The van der Waals surface area contributed by atoms with E-state index in [-0.39, 0.29) is 64.8 Å². The fourth-order valence-corrected chi connectivity index (χ4v) is 16.0. The van der Waals surface area contributed by atoms with Gasteiger partial charge in [0, 0.05) is 63.2 Å². The molecule has 2 saturated carbocycles. The van der Waals surface area contributed by atoms with Crippen molar-refractivity contribution in [2.24, 2.45) is 22.7 Å². The van der Waals surface area contributed by atoms with E-state index in [1.165, 1.54) is 44.4 Å². The van der Waals surface area contributed by atoms with Crippen LogP contribution in [-0.4, -0.2) is 185 Å². The molecular formula is C76H93N7O19. The van der Waals surface area contributed by atoms with Crippen molar-refractivity contribution in [3.05, 3.63) is 147 Å². The minimum absolute atomic E-state index is 0.0104. The highest BCUT2D eigenvalue weighted by Crippen LogP contribution is 2.64. The number of aromatic amines is 1. The molecule has 546 valence electrons. The fourth-order valence-electron chi connectivity index (χ4n) is 16.0. The van der Waals surface area contributed by atoms with Crippen LogP contribution in [0.15, 0.2) is 119 Å². The van der Waals surface area contributed by atoms with Gasteiger partial charge in [-0.25, -0.2) is 28.8 Å². The standard InChI is InChI=1S/C76H93N7O19/c1-42(2)49-23-26-53(85)52(37-49)66-79-80-70(94)83(66)51-24-21-45(22-25-51)40-81-33-29-47(30-34-81)67(91)82-35-31-50(32-36-82)77-57(87)27-28-58(88)99-62(60(46-17-13-11-14-18-46)78-71(95)102-72(5,6)7)69(93)98-54-39-76(96)65(100-68(92)48-19-15-12-16-20-48)63-74(10,64(90)61(89)59(43(54)3)73(76,8)9)55(86)38-56-75(63,41-97-56)101-44(4)84/h11-26,37,42,47,50,54-56,60-63,65,85-86,89,96H,27-36,38-41H2,1-10H3,(H,77,87)(H,78,95)(H,80,94)/t54-,55-,56+,60-,61+,62+,63-,65-,74+,75-,76+/m0/s1. The smallest absolute Gasteiger partial charge is 0.408 e. The van der Waals surface area contributed by atoms with Crippen molar-refractivity contribution in [2.75, 3.05) is 32.8 Å². The van der Waals surface area contributed by atoms with Gasteiger partial charge in [-0.1, -0.05) is 94.4 Å². The lowest BCUT2D eigenvalue weighted by molar-refractivity contribution is -0.346. The Kier molecular flexibility index (Phi) is 21.3. The average molecular weight is 1410 g/mol. The Morgan fingerprint density at radius 1 is 0.824 bits per heavy atom. The minimum Gasteiger partial charge on any atom is -0.507 e. The number of aromatic hydroxyl groups is 1. The number of ether oxygens (including phenoxy) is 6. The first-order valence-electron chi connectivity index (χ1n) is 35.0. The first kappa shape index (κ1) is 74.1. The molecule has 26 heteroatoms. The number of aromatic nitrogens is 3. The van der Waals surface area contributed by atoms with Gasteiger partial charge in [-0.3, -0.25) is 28.9 Å². The summed E-state index contributed by atoms with van der Waals surface area (Å²) in [6, 6.07) is 26.8. The molecule has 11 rings (SSSR count). The molecule has 4 aromatic carbocycles. The monoisotopic (exact) mass is 1410 g/mol. The second-order valence-corrected chi connectivity index (χ2v) is 30.0. The van der Waals surface area contributed by atoms with E-state index < -0.39 is 143 Å². The first-order chi connectivity index (χ1) is 48.2. The van der Waals surface area contributed by atoms with Crippen LogP contribution < -0.4 is 16.3 Å². The molecule has 11 atom stereocenters. The number of benzene rings is 4. The van der Waals surface area contributed by atoms with Crippen LogP contribution in [0.4, 0.5) is 4.79 Å². The maximum Gasteiger partial charge on any atom is 0.408 e. The summed E-state index contributed by atoms with van der Waals surface area (Å²) in [6.45, 7) is 18.4. The Morgan fingerprint density at radius 3 is 2.10 bits per heavy atom. The van der Waals surface area contributed by atoms with Crippen LogP contribution in [0.3, 0.4) is 0 Å². The van der Waals surface area contributed by atoms with Crippen molar-refractivity contribution >= 4 is 47.6 Å². The van der Waals surface area contributed by atoms with Crippen LogP contribution >= 0.6 is 0 Å². The number of likely N-dealkylation sites (tertiary alicyclic amines) is 2. The Hall–Kier alpha value is -9.08. The largest absolute Gasteiger partial charge is 0.507 e. The summed E-state index contributed by atoms with van der Waals surface area (Å²) in [5.74, 6) is -6.90. The van der Waals surface area contributed by atoms with Gasteiger partial charge in [-0.15, -0.1) is 0 Å². The van der Waals surface area contributed by atoms with Gasteiger partial charge < -0.3 is 64.4 Å². The highest BCUT2D eigenvalue weighted by Gasteiger charge is 2.78. The summed E-state index contributed by atoms with van der Waals surface area (Å²) in [6.07, 6.45) is -11.1. The molecule has 0 unspecified atom stereocenters. The number of fused-ring (bicyclic) bond motifs is 5. The molecule has 0 radical (unpaired) electrons. The van der Waals surface area contributed by atoms with Crippen LogP contribution in [0.5, 0.6) is 5.75 Å². The van der Waals surface area contributed by atoms with Crippen LogP contribution in [0.2, 0.25) is 0 Å². The number of alkyl carbamates (subject to hydrolysis) is 1. The van der Waals surface area contributed by atoms with Crippen LogP contribution in [0, 0.1) is 22.7 Å². The van der Waals surface area contributed by atoms with Crippen molar-refractivity contribution in [1.29, 1.82) is 0 Å². The molecule has 0 spiro atoms.